The molecular formula is C19H17Cl2N3O3. The van der Waals surface area contributed by atoms with E-state index in [1.165, 1.54) is 24.3 Å². The molecule has 140 valence electrons. The summed E-state index contributed by atoms with van der Waals surface area (Å²) in [5, 5.41) is 14.4. The van der Waals surface area contributed by atoms with Crippen molar-refractivity contribution in [1.82, 2.24) is 0 Å². The van der Waals surface area contributed by atoms with Crippen molar-refractivity contribution in [2.45, 2.75) is 12.8 Å². The molecule has 1 aliphatic rings. The first-order chi connectivity index (χ1) is 13.0. The molecule has 0 bridgehead atoms. The lowest BCUT2D eigenvalue weighted by atomic mass is 10.2. The highest BCUT2D eigenvalue weighted by molar-refractivity contribution is 6.34. The fourth-order valence-corrected chi connectivity index (χ4v) is 3.48. The third kappa shape index (κ3) is 4.59. The Hall–Kier alpha value is -2.57. The highest BCUT2D eigenvalue weighted by Gasteiger charge is 2.19. The van der Waals surface area contributed by atoms with Crippen molar-refractivity contribution >= 4 is 52.2 Å². The summed E-state index contributed by atoms with van der Waals surface area (Å²) in [5.74, 6) is -0.352. The number of nitro groups is 1. The number of nitro benzene ring substituents is 1. The van der Waals surface area contributed by atoms with Gasteiger partial charge in [-0.05, 0) is 42.7 Å². The molecule has 0 unspecified atom stereocenters. The van der Waals surface area contributed by atoms with Crippen molar-refractivity contribution in [2.75, 3.05) is 23.3 Å². The number of anilines is 2. The molecule has 0 atom stereocenters. The van der Waals surface area contributed by atoms with Gasteiger partial charge < -0.3 is 10.2 Å². The number of hydrogen-bond acceptors (Lipinski definition) is 4. The topological polar surface area (TPSA) is 75.5 Å². The second-order valence-corrected chi connectivity index (χ2v) is 6.94. The Kier molecular flexibility index (Phi) is 5.98. The molecule has 0 radical (unpaired) electrons. The fourth-order valence-electron chi connectivity index (χ4n) is 3.00. The van der Waals surface area contributed by atoms with E-state index in [1.54, 1.807) is 24.3 Å². The van der Waals surface area contributed by atoms with Crippen LogP contribution in [0.5, 0.6) is 0 Å². The molecule has 0 aromatic heterocycles. The number of nitrogens with zero attached hydrogens (tertiary/aromatic N) is 2. The van der Waals surface area contributed by atoms with Gasteiger partial charge in [0.2, 0.25) is 5.91 Å². The van der Waals surface area contributed by atoms with Crippen molar-refractivity contribution in [3.8, 4) is 0 Å². The van der Waals surface area contributed by atoms with Crippen LogP contribution in [0, 0.1) is 10.1 Å². The number of rotatable bonds is 5. The van der Waals surface area contributed by atoms with Gasteiger partial charge in [0.15, 0.2) is 0 Å². The van der Waals surface area contributed by atoms with Gasteiger partial charge in [0.1, 0.15) is 5.02 Å². The Morgan fingerprint density at radius 1 is 1.15 bits per heavy atom. The van der Waals surface area contributed by atoms with E-state index >= 15 is 0 Å². The summed E-state index contributed by atoms with van der Waals surface area (Å²) in [4.78, 5) is 24.9. The predicted molar refractivity (Wildman–Crippen MR) is 109 cm³/mol. The number of nitrogens with one attached hydrogen (secondary N) is 1. The van der Waals surface area contributed by atoms with E-state index in [2.05, 4.69) is 10.2 Å². The monoisotopic (exact) mass is 405 g/mol. The zero-order chi connectivity index (χ0) is 19.4. The third-order valence-corrected chi connectivity index (χ3v) is 4.89. The molecule has 6 nitrogen and oxygen atoms in total. The molecule has 2 aromatic rings. The predicted octanol–water partition coefficient (Wildman–Crippen LogP) is 5.15. The minimum absolute atomic E-state index is 0.0517. The van der Waals surface area contributed by atoms with E-state index in [0.717, 1.165) is 31.6 Å². The Morgan fingerprint density at radius 3 is 2.59 bits per heavy atom. The third-order valence-electron chi connectivity index (χ3n) is 4.26. The van der Waals surface area contributed by atoms with Crippen LogP contribution >= 0.6 is 23.2 Å². The quantitative estimate of drug-likeness (QED) is 0.423. The molecule has 0 spiro atoms. The molecule has 1 heterocycles. The molecule has 1 saturated heterocycles. The largest absolute Gasteiger partial charge is 0.369 e. The summed E-state index contributed by atoms with van der Waals surface area (Å²) in [6.07, 6.45) is 5.00. The number of carbonyl (C=O) groups excluding carboxylic acids is 1. The van der Waals surface area contributed by atoms with Gasteiger partial charge in [0.05, 0.1) is 21.3 Å². The Labute approximate surface area is 166 Å². The number of amides is 1. The number of carbonyl (C=O) groups is 1. The van der Waals surface area contributed by atoms with Crippen LogP contribution in [0.3, 0.4) is 0 Å². The van der Waals surface area contributed by atoms with Crippen LogP contribution in [0.4, 0.5) is 17.1 Å². The molecule has 3 rings (SSSR count). The van der Waals surface area contributed by atoms with E-state index < -0.39 is 4.92 Å². The smallest absolute Gasteiger partial charge is 0.288 e. The van der Waals surface area contributed by atoms with Gasteiger partial charge in [-0.15, -0.1) is 0 Å². The van der Waals surface area contributed by atoms with Crippen molar-refractivity contribution in [2.24, 2.45) is 0 Å². The van der Waals surface area contributed by atoms with Gasteiger partial charge in [-0.1, -0.05) is 35.3 Å². The van der Waals surface area contributed by atoms with Gasteiger partial charge in [0, 0.05) is 25.2 Å². The average Bonchev–Trinajstić information content (AvgIpc) is 3.15. The number of hydrogen-bond donors (Lipinski definition) is 1. The minimum atomic E-state index is -0.561. The SMILES string of the molecule is O=C(/C=C/c1ccc(Cl)c([N+](=O)[O-])c1)Nc1cccc(Cl)c1N1CCCC1. The standard InChI is InChI=1S/C19H17Cl2N3O3/c20-14-8-6-13(12-17(14)24(26)27)7-9-18(25)22-16-5-3-4-15(21)19(16)23-10-1-2-11-23/h3-9,12H,1-2,10-11H2,(H,22,25)/b9-7+. The van der Waals surface area contributed by atoms with Gasteiger partial charge in [0.25, 0.3) is 5.69 Å². The zero-order valence-electron chi connectivity index (χ0n) is 14.3. The van der Waals surface area contributed by atoms with E-state index in [1.807, 2.05) is 0 Å². The molecular weight excluding hydrogens is 389 g/mol. The molecule has 27 heavy (non-hydrogen) atoms. The second kappa shape index (κ2) is 8.41. The second-order valence-electron chi connectivity index (χ2n) is 6.12. The summed E-state index contributed by atoms with van der Waals surface area (Å²) in [6, 6.07) is 9.74. The van der Waals surface area contributed by atoms with Crippen molar-refractivity contribution in [3.63, 3.8) is 0 Å². The molecule has 1 amide bonds. The zero-order valence-corrected chi connectivity index (χ0v) is 15.8. The first kappa shape index (κ1) is 19.2. The molecule has 1 N–H and O–H groups in total. The maximum absolute atomic E-state index is 12.3. The van der Waals surface area contributed by atoms with E-state index in [0.29, 0.717) is 16.3 Å². The number of halogens is 2. The Morgan fingerprint density at radius 2 is 1.89 bits per heavy atom. The Bertz CT molecular complexity index is 909. The molecule has 0 saturated carbocycles. The first-order valence-corrected chi connectivity index (χ1v) is 9.18. The normalized spacial score (nSPS) is 13.9. The van der Waals surface area contributed by atoms with Crippen LogP contribution in [-0.4, -0.2) is 23.9 Å². The molecule has 0 aliphatic carbocycles. The van der Waals surface area contributed by atoms with Gasteiger partial charge >= 0.3 is 0 Å². The van der Waals surface area contributed by atoms with Crippen LogP contribution in [0.15, 0.2) is 42.5 Å². The fraction of sp³-hybridized carbons (Fsp3) is 0.211. The van der Waals surface area contributed by atoms with Gasteiger partial charge in [-0.2, -0.15) is 0 Å². The summed E-state index contributed by atoms with van der Waals surface area (Å²) in [6.45, 7) is 1.80. The van der Waals surface area contributed by atoms with Crippen LogP contribution in [0.25, 0.3) is 6.08 Å². The highest BCUT2D eigenvalue weighted by Crippen LogP contribution is 2.36. The van der Waals surface area contributed by atoms with Crippen molar-refractivity contribution in [3.05, 3.63) is 68.2 Å². The van der Waals surface area contributed by atoms with Crippen LogP contribution in [-0.2, 0) is 4.79 Å². The Balaban J connectivity index is 1.77. The number of para-hydroxylation sites is 1. The average molecular weight is 406 g/mol. The minimum Gasteiger partial charge on any atom is -0.369 e. The maximum Gasteiger partial charge on any atom is 0.288 e. The molecule has 8 heteroatoms. The number of benzene rings is 2. The van der Waals surface area contributed by atoms with E-state index in [4.69, 9.17) is 23.2 Å². The summed E-state index contributed by atoms with van der Waals surface area (Å²) in [7, 11) is 0. The lowest BCUT2D eigenvalue weighted by molar-refractivity contribution is -0.384. The molecule has 1 aliphatic heterocycles. The van der Waals surface area contributed by atoms with Gasteiger partial charge in [-0.3, -0.25) is 14.9 Å². The first-order valence-electron chi connectivity index (χ1n) is 8.42. The highest BCUT2D eigenvalue weighted by atomic mass is 35.5. The van der Waals surface area contributed by atoms with Crippen molar-refractivity contribution in [1.29, 1.82) is 0 Å². The molecule has 1 fully saturated rings. The lowest BCUT2D eigenvalue weighted by Gasteiger charge is -2.22. The molecule has 2 aromatic carbocycles. The van der Waals surface area contributed by atoms with E-state index in [9.17, 15) is 14.9 Å². The lowest BCUT2D eigenvalue weighted by Crippen LogP contribution is -2.21. The van der Waals surface area contributed by atoms with Crippen LogP contribution in [0.1, 0.15) is 18.4 Å². The van der Waals surface area contributed by atoms with E-state index in [-0.39, 0.29) is 16.6 Å². The summed E-state index contributed by atoms with van der Waals surface area (Å²) in [5.41, 5.74) is 1.76. The van der Waals surface area contributed by atoms with Crippen LogP contribution in [0.2, 0.25) is 10.0 Å². The van der Waals surface area contributed by atoms with Crippen molar-refractivity contribution < 1.29 is 9.72 Å². The summed E-state index contributed by atoms with van der Waals surface area (Å²) >= 11 is 12.1. The van der Waals surface area contributed by atoms with Gasteiger partial charge in [-0.25, -0.2) is 0 Å². The summed E-state index contributed by atoms with van der Waals surface area (Å²) < 4.78 is 0. The maximum atomic E-state index is 12.3. The van der Waals surface area contributed by atoms with Crippen LogP contribution < -0.4 is 10.2 Å².